The molecule has 2 rings (SSSR count). The first kappa shape index (κ1) is 16.7. The van der Waals surface area contributed by atoms with E-state index in [4.69, 9.17) is 0 Å². The summed E-state index contributed by atoms with van der Waals surface area (Å²) >= 11 is 0. The summed E-state index contributed by atoms with van der Waals surface area (Å²) in [5.41, 5.74) is 4.44. The number of nitrogens with zero attached hydrogens (tertiary/aromatic N) is 2. The van der Waals surface area contributed by atoms with Crippen LogP contribution in [0.3, 0.4) is 0 Å². The van der Waals surface area contributed by atoms with Crippen molar-refractivity contribution in [1.82, 2.24) is 9.99 Å². The largest absolute Gasteiger partial charge is 0.306 e. The van der Waals surface area contributed by atoms with Gasteiger partial charge >= 0.3 is 0 Å². The molecule has 1 amide bonds. The third kappa shape index (κ3) is 4.92. The van der Waals surface area contributed by atoms with Crippen LogP contribution in [-0.2, 0) is 16.8 Å². The van der Waals surface area contributed by atoms with Gasteiger partial charge in [0.1, 0.15) is 6.54 Å². The molecule has 0 bridgehead atoms. The van der Waals surface area contributed by atoms with Crippen LogP contribution in [0.2, 0.25) is 0 Å². The van der Waals surface area contributed by atoms with E-state index >= 15 is 0 Å². The SMILES string of the molecule is CC(C)(C)c1ccc(/C=N\NC(=O)Cn2ccccc2=O)cc1. The Bertz CT molecular complexity index is 753. The van der Waals surface area contributed by atoms with Gasteiger partial charge in [-0.1, -0.05) is 51.1 Å². The van der Waals surface area contributed by atoms with E-state index in [1.54, 1.807) is 24.5 Å². The summed E-state index contributed by atoms with van der Waals surface area (Å²) in [4.78, 5) is 23.3. The average Bonchev–Trinajstić information content (AvgIpc) is 2.49. The summed E-state index contributed by atoms with van der Waals surface area (Å²) < 4.78 is 1.32. The molecule has 5 heteroatoms. The van der Waals surface area contributed by atoms with Gasteiger partial charge in [0.05, 0.1) is 6.21 Å². The molecule has 0 aliphatic rings. The fraction of sp³-hybridized carbons (Fsp3) is 0.278. The predicted molar refractivity (Wildman–Crippen MR) is 91.6 cm³/mol. The molecule has 0 aliphatic carbocycles. The van der Waals surface area contributed by atoms with Gasteiger partial charge in [-0.3, -0.25) is 9.59 Å². The van der Waals surface area contributed by atoms with Crippen LogP contribution >= 0.6 is 0 Å². The van der Waals surface area contributed by atoms with Crippen molar-refractivity contribution in [2.45, 2.75) is 32.7 Å². The highest BCUT2D eigenvalue weighted by Gasteiger charge is 2.12. The fourth-order valence-corrected chi connectivity index (χ4v) is 2.03. The Morgan fingerprint density at radius 1 is 1.17 bits per heavy atom. The van der Waals surface area contributed by atoms with Gasteiger partial charge in [-0.2, -0.15) is 5.10 Å². The highest BCUT2D eigenvalue weighted by Crippen LogP contribution is 2.21. The van der Waals surface area contributed by atoms with Crippen molar-refractivity contribution in [3.63, 3.8) is 0 Å². The molecule has 0 saturated heterocycles. The normalized spacial score (nSPS) is 11.6. The standard InChI is InChI=1S/C18H21N3O2/c1-18(2,3)15-9-7-14(8-10-15)12-19-20-16(22)13-21-11-5-4-6-17(21)23/h4-12H,13H2,1-3H3,(H,20,22)/b19-12-. The molecular weight excluding hydrogens is 290 g/mol. The van der Waals surface area contributed by atoms with Crippen LogP contribution in [0.4, 0.5) is 0 Å². The third-order valence-electron chi connectivity index (χ3n) is 3.39. The van der Waals surface area contributed by atoms with Gasteiger partial charge in [0, 0.05) is 12.3 Å². The molecule has 23 heavy (non-hydrogen) atoms. The zero-order valence-electron chi connectivity index (χ0n) is 13.6. The highest BCUT2D eigenvalue weighted by atomic mass is 16.2. The second-order valence-corrected chi connectivity index (χ2v) is 6.33. The van der Waals surface area contributed by atoms with E-state index in [0.29, 0.717) is 0 Å². The predicted octanol–water partition coefficient (Wildman–Crippen LogP) is 2.30. The Hall–Kier alpha value is -2.69. The van der Waals surface area contributed by atoms with Crippen LogP contribution in [0.1, 0.15) is 31.9 Å². The number of hydrogen-bond acceptors (Lipinski definition) is 3. The number of carbonyl (C=O) groups excluding carboxylic acids is 1. The van der Waals surface area contributed by atoms with Gasteiger partial charge in [0.25, 0.3) is 11.5 Å². The number of nitrogens with one attached hydrogen (secondary N) is 1. The molecule has 0 aliphatic heterocycles. The second kappa shape index (κ2) is 7.05. The summed E-state index contributed by atoms with van der Waals surface area (Å²) in [6, 6.07) is 12.8. The minimum absolute atomic E-state index is 0.0556. The Balaban J connectivity index is 1.92. The lowest BCUT2D eigenvalue weighted by atomic mass is 9.87. The summed E-state index contributed by atoms with van der Waals surface area (Å²) in [6.07, 6.45) is 3.15. The highest BCUT2D eigenvalue weighted by molar-refractivity contribution is 5.82. The first-order chi connectivity index (χ1) is 10.9. The minimum atomic E-state index is -0.346. The molecule has 1 aromatic carbocycles. The lowest BCUT2D eigenvalue weighted by Crippen LogP contribution is -2.28. The Morgan fingerprint density at radius 3 is 2.48 bits per heavy atom. The first-order valence-electron chi connectivity index (χ1n) is 7.44. The molecule has 0 spiro atoms. The van der Waals surface area contributed by atoms with Crippen LogP contribution in [-0.4, -0.2) is 16.7 Å². The third-order valence-corrected chi connectivity index (χ3v) is 3.39. The smallest absolute Gasteiger partial charge is 0.260 e. The Labute approximate surface area is 135 Å². The van der Waals surface area contributed by atoms with E-state index in [2.05, 4.69) is 31.3 Å². The van der Waals surface area contributed by atoms with Gasteiger partial charge in [-0.25, -0.2) is 5.43 Å². The molecule has 1 heterocycles. The monoisotopic (exact) mass is 311 g/mol. The van der Waals surface area contributed by atoms with Crippen LogP contribution in [0.25, 0.3) is 0 Å². The number of aromatic nitrogens is 1. The fourth-order valence-electron chi connectivity index (χ4n) is 2.03. The molecule has 1 N–H and O–H groups in total. The maximum Gasteiger partial charge on any atom is 0.260 e. The van der Waals surface area contributed by atoms with Crippen LogP contribution < -0.4 is 11.0 Å². The first-order valence-corrected chi connectivity index (χ1v) is 7.44. The molecule has 0 fully saturated rings. The topological polar surface area (TPSA) is 63.5 Å². The van der Waals surface area contributed by atoms with Crippen LogP contribution in [0.5, 0.6) is 0 Å². The van der Waals surface area contributed by atoms with E-state index in [9.17, 15) is 9.59 Å². The van der Waals surface area contributed by atoms with Crippen molar-refractivity contribution in [1.29, 1.82) is 0 Å². The van der Waals surface area contributed by atoms with Crippen molar-refractivity contribution in [3.8, 4) is 0 Å². The summed E-state index contributed by atoms with van der Waals surface area (Å²) in [6.45, 7) is 6.41. The number of pyridine rings is 1. The number of rotatable bonds is 4. The number of benzene rings is 1. The molecule has 2 aromatic rings. The van der Waals surface area contributed by atoms with Crippen molar-refractivity contribution in [2.75, 3.05) is 0 Å². The van der Waals surface area contributed by atoms with Gasteiger partial charge in [-0.05, 0) is 22.6 Å². The molecule has 0 saturated carbocycles. The van der Waals surface area contributed by atoms with Crippen LogP contribution in [0.15, 0.2) is 58.6 Å². The van der Waals surface area contributed by atoms with E-state index in [1.807, 2.05) is 24.3 Å². The van der Waals surface area contributed by atoms with E-state index < -0.39 is 0 Å². The summed E-state index contributed by atoms with van der Waals surface area (Å²) in [5.74, 6) is -0.346. The van der Waals surface area contributed by atoms with E-state index in [1.165, 1.54) is 16.2 Å². The molecule has 120 valence electrons. The van der Waals surface area contributed by atoms with E-state index in [0.717, 1.165) is 5.56 Å². The van der Waals surface area contributed by atoms with Gasteiger partial charge in [0.2, 0.25) is 0 Å². The summed E-state index contributed by atoms with van der Waals surface area (Å²) in [7, 11) is 0. The van der Waals surface area contributed by atoms with Crippen molar-refractivity contribution in [3.05, 3.63) is 70.1 Å². The van der Waals surface area contributed by atoms with Crippen LogP contribution in [0, 0.1) is 0 Å². The zero-order valence-corrected chi connectivity index (χ0v) is 13.6. The maximum absolute atomic E-state index is 11.8. The summed E-state index contributed by atoms with van der Waals surface area (Å²) in [5, 5.41) is 3.92. The van der Waals surface area contributed by atoms with Crippen molar-refractivity contribution >= 4 is 12.1 Å². The molecule has 5 nitrogen and oxygen atoms in total. The lowest BCUT2D eigenvalue weighted by molar-refractivity contribution is -0.121. The minimum Gasteiger partial charge on any atom is -0.306 e. The van der Waals surface area contributed by atoms with Crippen molar-refractivity contribution in [2.24, 2.45) is 5.10 Å². The maximum atomic E-state index is 11.8. The van der Waals surface area contributed by atoms with Gasteiger partial charge in [-0.15, -0.1) is 0 Å². The quantitative estimate of drug-likeness (QED) is 0.695. The van der Waals surface area contributed by atoms with Gasteiger partial charge in [0.15, 0.2) is 0 Å². The van der Waals surface area contributed by atoms with Gasteiger partial charge < -0.3 is 4.57 Å². The number of carbonyl (C=O) groups is 1. The second-order valence-electron chi connectivity index (χ2n) is 6.33. The Kier molecular flexibility index (Phi) is 5.11. The van der Waals surface area contributed by atoms with Crippen molar-refractivity contribution < 1.29 is 4.79 Å². The number of amides is 1. The zero-order chi connectivity index (χ0) is 16.9. The van der Waals surface area contributed by atoms with E-state index in [-0.39, 0.29) is 23.4 Å². The molecule has 0 radical (unpaired) electrons. The Morgan fingerprint density at radius 2 is 1.87 bits per heavy atom. The number of hydrogen-bond donors (Lipinski definition) is 1. The molecule has 0 unspecified atom stereocenters. The molecular formula is C18H21N3O2. The lowest BCUT2D eigenvalue weighted by Gasteiger charge is -2.18. The molecule has 0 atom stereocenters. The molecule has 1 aromatic heterocycles. The number of hydrazone groups is 1. The average molecular weight is 311 g/mol.